The predicted octanol–water partition coefficient (Wildman–Crippen LogP) is 1.71. The minimum absolute atomic E-state index is 0.0148. The van der Waals surface area contributed by atoms with E-state index in [-0.39, 0.29) is 17.6 Å². The molecule has 0 heterocycles. The van der Waals surface area contributed by atoms with Gasteiger partial charge in [0.1, 0.15) is 0 Å². The van der Waals surface area contributed by atoms with Crippen LogP contribution in [0.5, 0.6) is 0 Å². The van der Waals surface area contributed by atoms with Gasteiger partial charge in [0.05, 0.1) is 0 Å². The average molecular weight is 225 g/mol. The number of carbonyl (C=O) groups excluding carboxylic acids is 1. The van der Waals surface area contributed by atoms with Crippen molar-refractivity contribution in [2.24, 2.45) is 5.41 Å². The molecule has 0 aromatic carbocycles. The standard InChI is InChI=1S/C12H19NO3/c1-12(2)7-9(6-10(14)8-12)13-5-3-4-11(15)16/h6,13H,3-5,7-8H2,1-2H3,(H,15,16). The number of carboxylic acid groups (broad SMARTS) is 1. The molecule has 0 saturated carbocycles. The largest absolute Gasteiger partial charge is 0.481 e. The first kappa shape index (κ1) is 12.7. The molecule has 0 radical (unpaired) electrons. The molecule has 1 aliphatic rings. The van der Waals surface area contributed by atoms with Gasteiger partial charge in [0.15, 0.2) is 5.78 Å². The molecule has 0 bridgehead atoms. The van der Waals surface area contributed by atoms with Gasteiger partial charge in [-0.2, -0.15) is 0 Å². The second-order valence-corrected chi connectivity index (χ2v) is 5.08. The molecule has 0 saturated heterocycles. The molecule has 4 heteroatoms. The van der Waals surface area contributed by atoms with E-state index in [0.717, 1.165) is 12.1 Å². The zero-order valence-corrected chi connectivity index (χ0v) is 9.88. The highest BCUT2D eigenvalue weighted by Gasteiger charge is 2.27. The molecular formula is C12H19NO3. The van der Waals surface area contributed by atoms with Crippen LogP contribution in [0.3, 0.4) is 0 Å². The molecule has 1 rings (SSSR count). The summed E-state index contributed by atoms with van der Waals surface area (Å²) in [5, 5.41) is 11.6. The Morgan fingerprint density at radius 2 is 2.19 bits per heavy atom. The molecule has 0 aromatic rings. The summed E-state index contributed by atoms with van der Waals surface area (Å²) in [5.74, 6) is -0.632. The summed E-state index contributed by atoms with van der Waals surface area (Å²) in [6, 6.07) is 0. The van der Waals surface area contributed by atoms with Crippen molar-refractivity contribution in [3.05, 3.63) is 11.8 Å². The summed E-state index contributed by atoms with van der Waals surface area (Å²) in [7, 11) is 0. The summed E-state index contributed by atoms with van der Waals surface area (Å²) in [6.07, 6.45) is 3.84. The first-order valence-corrected chi connectivity index (χ1v) is 5.58. The monoisotopic (exact) mass is 225 g/mol. The Bertz CT molecular complexity index is 318. The van der Waals surface area contributed by atoms with E-state index in [4.69, 9.17) is 5.11 Å². The van der Waals surface area contributed by atoms with Crippen molar-refractivity contribution in [2.45, 2.75) is 39.5 Å². The number of nitrogens with one attached hydrogen (secondary N) is 1. The summed E-state index contributed by atoms with van der Waals surface area (Å²) in [6.45, 7) is 4.75. The average Bonchev–Trinajstić information content (AvgIpc) is 2.08. The minimum atomic E-state index is -0.782. The highest BCUT2D eigenvalue weighted by atomic mass is 16.4. The topological polar surface area (TPSA) is 66.4 Å². The second-order valence-electron chi connectivity index (χ2n) is 5.08. The molecule has 0 atom stereocenters. The Kier molecular flexibility index (Phi) is 4.10. The molecule has 4 nitrogen and oxygen atoms in total. The number of ketones is 1. The van der Waals surface area contributed by atoms with Crippen LogP contribution in [-0.2, 0) is 9.59 Å². The first-order chi connectivity index (χ1) is 7.39. The SMILES string of the molecule is CC1(C)CC(=O)C=C(NCCCC(=O)O)C1. The number of hydrogen-bond donors (Lipinski definition) is 2. The van der Waals surface area contributed by atoms with E-state index in [2.05, 4.69) is 19.2 Å². The maximum atomic E-state index is 11.4. The van der Waals surface area contributed by atoms with Crippen LogP contribution in [0.25, 0.3) is 0 Å². The van der Waals surface area contributed by atoms with Crippen LogP contribution in [0.15, 0.2) is 11.8 Å². The number of carbonyl (C=O) groups is 2. The van der Waals surface area contributed by atoms with Gasteiger partial charge in [-0.1, -0.05) is 13.8 Å². The Hall–Kier alpha value is -1.32. The van der Waals surface area contributed by atoms with E-state index in [1.807, 2.05) is 0 Å². The van der Waals surface area contributed by atoms with Crippen LogP contribution >= 0.6 is 0 Å². The lowest BCUT2D eigenvalue weighted by Crippen LogP contribution is -2.28. The summed E-state index contributed by atoms with van der Waals surface area (Å²) >= 11 is 0. The Morgan fingerprint density at radius 1 is 1.50 bits per heavy atom. The van der Waals surface area contributed by atoms with E-state index in [0.29, 0.717) is 19.4 Å². The molecule has 2 N–H and O–H groups in total. The second kappa shape index (κ2) is 5.14. The van der Waals surface area contributed by atoms with Crippen LogP contribution in [-0.4, -0.2) is 23.4 Å². The lowest BCUT2D eigenvalue weighted by Gasteiger charge is -2.29. The third-order valence-corrected chi connectivity index (χ3v) is 2.58. The van der Waals surface area contributed by atoms with Crippen molar-refractivity contribution in [1.29, 1.82) is 0 Å². The van der Waals surface area contributed by atoms with Crippen molar-refractivity contribution in [2.75, 3.05) is 6.54 Å². The highest BCUT2D eigenvalue weighted by Crippen LogP contribution is 2.32. The predicted molar refractivity (Wildman–Crippen MR) is 61.0 cm³/mol. The van der Waals surface area contributed by atoms with Gasteiger partial charge in [0.2, 0.25) is 0 Å². The van der Waals surface area contributed by atoms with Crippen LogP contribution in [0, 0.1) is 5.41 Å². The highest BCUT2D eigenvalue weighted by molar-refractivity contribution is 5.91. The van der Waals surface area contributed by atoms with Gasteiger partial charge in [-0.3, -0.25) is 9.59 Å². The Labute approximate surface area is 95.7 Å². The van der Waals surface area contributed by atoms with E-state index in [1.165, 1.54) is 0 Å². The fourth-order valence-electron chi connectivity index (χ4n) is 1.95. The van der Waals surface area contributed by atoms with Gasteiger partial charge < -0.3 is 10.4 Å². The van der Waals surface area contributed by atoms with Gasteiger partial charge >= 0.3 is 5.97 Å². The quantitative estimate of drug-likeness (QED) is 0.699. The van der Waals surface area contributed by atoms with Crippen molar-refractivity contribution in [3.63, 3.8) is 0 Å². The van der Waals surface area contributed by atoms with Crippen molar-refractivity contribution in [1.82, 2.24) is 5.32 Å². The van der Waals surface area contributed by atoms with E-state index in [1.54, 1.807) is 6.08 Å². The van der Waals surface area contributed by atoms with E-state index >= 15 is 0 Å². The smallest absolute Gasteiger partial charge is 0.303 e. The minimum Gasteiger partial charge on any atom is -0.481 e. The van der Waals surface area contributed by atoms with Gasteiger partial charge in [0.25, 0.3) is 0 Å². The molecule has 90 valence electrons. The molecule has 0 aromatic heterocycles. The molecule has 0 spiro atoms. The molecule has 0 aliphatic heterocycles. The van der Waals surface area contributed by atoms with E-state index in [9.17, 15) is 9.59 Å². The maximum Gasteiger partial charge on any atom is 0.303 e. The fraction of sp³-hybridized carbons (Fsp3) is 0.667. The van der Waals surface area contributed by atoms with Crippen LogP contribution in [0.2, 0.25) is 0 Å². The van der Waals surface area contributed by atoms with Crippen LogP contribution in [0.4, 0.5) is 0 Å². The molecule has 0 fully saturated rings. The lowest BCUT2D eigenvalue weighted by atomic mass is 9.79. The Balaban J connectivity index is 2.37. The van der Waals surface area contributed by atoms with Crippen molar-refractivity contribution < 1.29 is 14.7 Å². The zero-order chi connectivity index (χ0) is 12.2. The van der Waals surface area contributed by atoms with Crippen LogP contribution in [0.1, 0.15) is 39.5 Å². The molecular weight excluding hydrogens is 206 g/mol. The maximum absolute atomic E-state index is 11.4. The fourth-order valence-corrected chi connectivity index (χ4v) is 1.95. The number of rotatable bonds is 5. The zero-order valence-electron chi connectivity index (χ0n) is 9.88. The Morgan fingerprint density at radius 3 is 2.75 bits per heavy atom. The molecule has 0 unspecified atom stereocenters. The third-order valence-electron chi connectivity index (χ3n) is 2.58. The van der Waals surface area contributed by atoms with Gasteiger partial charge in [-0.05, 0) is 18.3 Å². The summed E-state index contributed by atoms with van der Waals surface area (Å²) < 4.78 is 0. The van der Waals surface area contributed by atoms with E-state index < -0.39 is 5.97 Å². The van der Waals surface area contributed by atoms with Gasteiger partial charge in [-0.15, -0.1) is 0 Å². The van der Waals surface area contributed by atoms with Gasteiger partial charge in [0, 0.05) is 31.2 Å². The molecule has 16 heavy (non-hydrogen) atoms. The number of allylic oxidation sites excluding steroid dienone is 2. The first-order valence-electron chi connectivity index (χ1n) is 5.58. The summed E-state index contributed by atoms with van der Waals surface area (Å²) in [5.41, 5.74) is 0.952. The normalized spacial score (nSPS) is 19.1. The van der Waals surface area contributed by atoms with Gasteiger partial charge in [-0.25, -0.2) is 0 Å². The summed E-state index contributed by atoms with van der Waals surface area (Å²) in [4.78, 5) is 21.7. The van der Waals surface area contributed by atoms with Crippen LogP contribution < -0.4 is 5.32 Å². The van der Waals surface area contributed by atoms with Crippen molar-refractivity contribution >= 4 is 11.8 Å². The molecule has 0 amide bonds. The third kappa shape index (κ3) is 4.47. The van der Waals surface area contributed by atoms with Crippen molar-refractivity contribution in [3.8, 4) is 0 Å². The number of aliphatic carboxylic acids is 1. The number of carboxylic acids is 1. The molecule has 1 aliphatic carbocycles. The lowest BCUT2D eigenvalue weighted by molar-refractivity contribution is -0.137. The number of hydrogen-bond acceptors (Lipinski definition) is 3.